The Hall–Kier alpha value is -2.06. The Balaban J connectivity index is 1.88. The fourth-order valence-electron chi connectivity index (χ4n) is 2.72. The largest absolute Gasteiger partial charge is 0.426 e. The Labute approximate surface area is 174 Å². The number of hydrogen-bond acceptors (Lipinski definition) is 4. The molecule has 0 aliphatic heterocycles. The second kappa shape index (κ2) is 8.53. The normalized spacial score (nSPS) is 12.9. The summed E-state index contributed by atoms with van der Waals surface area (Å²) in [6, 6.07) is 14.6. The van der Waals surface area contributed by atoms with Crippen molar-refractivity contribution in [3.8, 4) is 11.8 Å². The Kier molecular flexibility index (Phi) is 6.30. The third kappa shape index (κ3) is 4.17. The van der Waals surface area contributed by atoms with Crippen molar-refractivity contribution in [2.45, 2.75) is 31.3 Å². The SMILES string of the molecule is CCn1c(C(C)N(Cl)S(=O)(=O)c2ccccc2)cnc1Oc1ccc(Cl)cc1. The Morgan fingerprint density at radius 2 is 1.79 bits per heavy atom. The number of imidazole rings is 1. The van der Waals surface area contributed by atoms with Crippen LogP contribution in [0.3, 0.4) is 0 Å². The van der Waals surface area contributed by atoms with Crippen LogP contribution in [0.1, 0.15) is 25.6 Å². The van der Waals surface area contributed by atoms with E-state index in [2.05, 4.69) is 4.98 Å². The first kappa shape index (κ1) is 20.7. The lowest BCUT2D eigenvalue weighted by atomic mass is 10.3. The van der Waals surface area contributed by atoms with Crippen LogP contribution in [0.25, 0.3) is 0 Å². The summed E-state index contributed by atoms with van der Waals surface area (Å²) in [6.45, 7) is 4.14. The second-order valence-electron chi connectivity index (χ2n) is 6.00. The second-order valence-corrected chi connectivity index (χ2v) is 8.82. The minimum Gasteiger partial charge on any atom is -0.426 e. The molecule has 6 nitrogen and oxygen atoms in total. The molecule has 1 unspecified atom stereocenters. The molecule has 0 N–H and O–H groups in total. The van der Waals surface area contributed by atoms with Gasteiger partial charge < -0.3 is 4.74 Å². The maximum absolute atomic E-state index is 12.8. The van der Waals surface area contributed by atoms with Gasteiger partial charge in [0, 0.05) is 11.6 Å². The van der Waals surface area contributed by atoms with Crippen LogP contribution in [0.5, 0.6) is 11.8 Å². The lowest BCUT2D eigenvalue weighted by molar-refractivity contribution is 0.399. The van der Waals surface area contributed by atoms with E-state index < -0.39 is 16.1 Å². The van der Waals surface area contributed by atoms with Crippen molar-refractivity contribution >= 4 is 33.4 Å². The Bertz CT molecular complexity index is 1040. The van der Waals surface area contributed by atoms with E-state index in [4.69, 9.17) is 28.1 Å². The quantitative estimate of drug-likeness (QED) is 0.471. The third-order valence-electron chi connectivity index (χ3n) is 4.19. The third-order valence-corrected chi connectivity index (χ3v) is 6.93. The molecule has 0 aliphatic carbocycles. The summed E-state index contributed by atoms with van der Waals surface area (Å²) >= 11 is 12.2. The van der Waals surface area contributed by atoms with E-state index in [1.165, 1.54) is 12.1 Å². The van der Waals surface area contributed by atoms with Crippen molar-refractivity contribution in [3.63, 3.8) is 0 Å². The van der Waals surface area contributed by atoms with Gasteiger partial charge in [-0.1, -0.05) is 29.8 Å². The molecular weight excluding hydrogens is 421 g/mol. The van der Waals surface area contributed by atoms with Gasteiger partial charge >= 0.3 is 6.01 Å². The van der Waals surface area contributed by atoms with Gasteiger partial charge in [-0.15, -0.1) is 3.82 Å². The van der Waals surface area contributed by atoms with Crippen LogP contribution in [0.15, 0.2) is 65.7 Å². The van der Waals surface area contributed by atoms with Crippen molar-refractivity contribution < 1.29 is 13.2 Å². The van der Waals surface area contributed by atoms with E-state index in [1.54, 1.807) is 60.2 Å². The monoisotopic (exact) mass is 439 g/mol. The molecular formula is C19H19Cl2N3O3S. The van der Waals surface area contributed by atoms with E-state index >= 15 is 0 Å². The number of ether oxygens (including phenoxy) is 1. The van der Waals surface area contributed by atoms with E-state index in [1.807, 2.05) is 6.92 Å². The average Bonchev–Trinajstić information content (AvgIpc) is 3.11. The van der Waals surface area contributed by atoms with E-state index in [9.17, 15) is 8.42 Å². The molecule has 3 rings (SSSR count). The number of benzene rings is 2. The van der Waals surface area contributed by atoms with Gasteiger partial charge in [0.2, 0.25) is 0 Å². The van der Waals surface area contributed by atoms with Gasteiger partial charge in [-0.3, -0.25) is 4.57 Å². The Morgan fingerprint density at radius 1 is 1.14 bits per heavy atom. The first-order valence-electron chi connectivity index (χ1n) is 8.58. The summed E-state index contributed by atoms with van der Waals surface area (Å²) in [6.07, 6.45) is 1.56. The van der Waals surface area contributed by atoms with Crippen LogP contribution in [0, 0.1) is 0 Å². The fourth-order valence-corrected chi connectivity index (χ4v) is 4.41. The van der Waals surface area contributed by atoms with Crippen LogP contribution < -0.4 is 4.74 Å². The molecule has 0 saturated heterocycles. The number of halogens is 2. The van der Waals surface area contributed by atoms with Gasteiger partial charge in [0.05, 0.1) is 22.8 Å². The molecule has 1 heterocycles. The topological polar surface area (TPSA) is 64.4 Å². The van der Waals surface area contributed by atoms with Gasteiger partial charge in [-0.2, -0.15) is 0 Å². The predicted molar refractivity (Wildman–Crippen MR) is 109 cm³/mol. The zero-order chi connectivity index (χ0) is 20.3. The van der Waals surface area contributed by atoms with Gasteiger partial charge in [-0.05, 0) is 62.0 Å². The molecule has 0 aliphatic rings. The molecule has 0 bridgehead atoms. The minimum absolute atomic E-state index is 0.122. The average molecular weight is 440 g/mol. The molecule has 1 aromatic heterocycles. The lowest BCUT2D eigenvalue weighted by Gasteiger charge is -2.22. The Morgan fingerprint density at radius 3 is 2.39 bits per heavy atom. The van der Waals surface area contributed by atoms with Crippen LogP contribution in [-0.2, 0) is 16.6 Å². The van der Waals surface area contributed by atoms with Crippen molar-refractivity contribution in [2.24, 2.45) is 0 Å². The number of sulfonamides is 1. The fraction of sp³-hybridized carbons (Fsp3) is 0.211. The highest BCUT2D eigenvalue weighted by Gasteiger charge is 2.31. The zero-order valence-electron chi connectivity index (χ0n) is 15.3. The number of aromatic nitrogens is 2. The van der Waals surface area contributed by atoms with Crippen LogP contribution in [-0.4, -0.2) is 21.8 Å². The van der Waals surface area contributed by atoms with Crippen molar-refractivity contribution in [1.29, 1.82) is 0 Å². The highest BCUT2D eigenvalue weighted by atomic mass is 35.5. The molecule has 0 saturated carbocycles. The first-order chi connectivity index (χ1) is 13.3. The number of nitrogens with zero attached hydrogens (tertiary/aromatic N) is 3. The maximum atomic E-state index is 12.8. The summed E-state index contributed by atoms with van der Waals surface area (Å²) in [5.74, 6) is 0.573. The van der Waals surface area contributed by atoms with Crippen LogP contribution in [0.4, 0.5) is 0 Å². The lowest BCUT2D eigenvalue weighted by Crippen LogP contribution is -2.26. The van der Waals surface area contributed by atoms with Gasteiger partial charge in [-0.25, -0.2) is 13.4 Å². The van der Waals surface area contributed by atoms with Crippen LogP contribution >= 0.6 is 23.4 Å². The molecule has 148 valence electrons. The maximum Gasteiger partial charge on any atom is 0.302 e. The van der Waals surface area contributed by atoms with Gasteiger partial charge in [0.25, 0.3) is 10.0 Å². The van der Waals surface area contributed by atoms with E-state index in [0.717, 1.165) is 3.82 Å². The molecule has 0 fully saturated rings. The van der Waals surface area contributed by atoms with Gasteiger partial charge in [0.15, 0.2) is 0 Å². The molecule has 2 aromatic carbocycles. The highest BCUT2D eigenvalue weighted by molar-refractivity contribution is 7.90. The first-order valence-corrected chi connectivity index (χ1v) is 10.7. The van der Waals surface area contributed by atoms with Crippen LogP contribution in [0.2, 0.25) is 5.02 Å². The van der Waals surface area contributed by atoms with Crippen molar-refractivity contribution in [2.75, 3.05) is 0 Å². The molecule has 0 amide bonds. The summed E-state index contributed by atoms with van der Waals surface area (Å²) in [5.41, 5.74) is 0.612. The standard InChI is InChI=1S/C19H19Cl2N3O3S/c1-3-23-18(13-22-19(23)27-16-11-9-15(20)10-12-16)14(2)24(21)28(25,26)17-7-5-4-6-8-17/h4-14H,3H2,1-2H3. The molecule has 3 aromatic rings. The van der Waals surface area contributed by atoms with E-state index in [0.29, 0.717) is 29.0 Å². The molecule has 9 heteroatoms. The summed E-state index contributed by atoms with van der Waals surface area (Å²) in [4.78, 5) is 4.41. The highest BCUT2D eigenvalue weighted by Crippen LogP contribution is 2.32. The van der Waals surface area contributed by atoms with E-state index in [-0.39, 0.29) is 4.90 Å². The number of hydrogen-bond donors (Lipinski definition) is 0. The molecule has 0 spiro atoms. The summed E-state index contributed by atoms with van der Waals surface area (Å²) in [5, 5.41) is 0.601. The number of rotatable bonds is 7. The zero-order valence-corrected chi connectivity index (χ0v) is 17.6. The molecule has 1 atom stereocenters. The minimum atomic E-state index is -3.86. The van der Waals surface area contributed by atoms with Crippen molar-refractivity contribution in [1.82, 2.24) is 13.4 Å². The predicted octanol–water partition coefficient (Wildman–Crippen LogP) is 5.25. The smallest absolute Gasteiger partial charge is 0.302 e. The molecule has 28 heavy (non-hydrogen) atoms. The summed E-state index contributed by atoms with van der Waals surface area (Å²) in [7, 11) is -3.86. The van der Waals surface area contributed by atoms with Crippen molar-refractivity contribution in [3.05, 3.63) is 71.5 Å². The summed E-state index contributed by atoms with van der Waals surface area (Å²) < 4.78 is 34.0. The van der Waals surface area contributed by atoms with Gasteiger partial charge in [0.1, 0.15) is 5.75 Å². The molecule has 0 radical (unpaired) electrons.